The van der Waals surface area contributed by atoms with Gasteiger partial charge in [-0.3, -0.25) is 9.36 Å². The van der Waals surface area contributed by atoms with E-state index in [-0.39, 0.29) is 5.78 Å². The van der Waals surface area contributed by atoms with Crippen molar-refractivity contribution in [2.45, 2.75) is 13.1 Å². The molecule has 0 bridgehead atoms. The molecule has 7 heteroatoms. The van der Waals surface area contributed by atoms with Gasteiger partial charge in [0.1, 0.15) is 0 Å². The first-order chi connectivity index (χ1) is 14.0. The summed E-state index contributed by atoms with van der Waals surface area (Å²) in [6.45, 7) is 5.46. The molecule has 0 atom stereocenters. The highest BCUT2D eigenvalue weighted by Crippen LogP contribution is 2.25. The van der Waals surface area contributed by atoms with E-state index < -0.39 is 0 Å². The smallest absolute Gasteiger partial charge is 0.196 e. The number of aromatic nitrogens is 3. The maximum Gasteiger partial charge on any atom is 0.196 e. The van der Waals surface area contributed by atoms with Crippen molar-refractivity contribution in [2.24, 2.45) is 0 Å². The van der Waals surface area contributed by atoms with Crippen molar-refractivity contribution in [3.63, 3.8) is 0 Å². The molecule has 0 aliphatic carbocycles. The Morgan fingerprint density at radius 2 is 1.76 bits per heavy atom. The normalized spacial score (nSPS) is 11.0. The lowest BCUT2D eigenvalue weighted by Gasteiger charge is -2.16. The number of hydrogen-bond donors (Lipinski definition) is 1. The second-order valence-electron chi connectivity index (χ2n) is 6.85. The van der Waals surface area contributed by atoms with E-state index in [0.29, 0.717) is 35.8 Å². The first kappa shape index (κ1) is 20.9. The summed E-state index contributed by atoms with van der Waals surface area (Å²) in [6, 6.07) is 14.5. The minimum absolute atomic E-state index is 0.138. The third kappa shape index (κ3) is 4.79. The molecular weight excluding hydrogens is 386 g/mol. The summed E-state index contributed by atoms with van der Waals surface area (Å²) in [5.41, 5.74) is 1.75. The topological polar surface area (TPSA) is 63.1 Å². The molecule has 150 valence electrons. The van der Waals surface area contributed by atoms with Crippen LogP contribution < -0.4 is 5.32 Å². The molecule has 1 aromatic heterocycles. The number of carbonyl (C=O) groups excluding carboxylic acids is 1. The summed E-state index contributed by atoms with van der Waals surface area (Å²) >= 11 is 6.28. The molecule has 0 unspecified atom stereocenters. The van der Waals surface area contributed by atoms with Crippen LogP contribution >= 0.6 is 11.6 Å². The van der Waals surface area contributed by atoms with Gasteiger partial charge in [0.05, 0.1) is 23.8 Å². The van der Waals surface area contributed by atoms with Crippen LogP contribution in [0.15, 0.2) is 61.2 Å². The molecule has 0 aliphatic heterocycles. The fourth-order valence-electron chi connectivity index (χ4n) is 3.07. The summed E-state index contributed by atoms with van der Waals surface area (Å²) in [7, 11) is 3.94. The van der Waals surface area contributed by atoms with Crippen LogP contribution in [0, 0.1) is 0 Å². The van der Waals surface area contributed by atoms with Crippen LogP contribution in [-0.2, 0) is 13.1 Å². The second kappa shape index (κ2) is 9.60. The highest BCUT2D eigenvalue weighted by Gasteiger charge is 2.21. The first-order valence-corrected chi connectivity index (χ1v) is 9.69. The predicted octanol–water partition coefficient (Wildman–Crippen LogP) is 3.49. The van der Waals surface area contributed by atoms with Gasteiger partial charge in [0.25, 0.3) is 0 Å². The molecule has 0 fully saturated rings. The molecule has 1 heterocycles. The summed E-state index contributed by atoms with van der Waals surface area (Å²) in [6.07, 6.45) is 1.79. The molecule has 2 aromatic carbocycles. The average molecular weight is 410 g/mol. The predicted molar refractivity (Wildman–Crippen MR) is 116 cm³/mol. The Morgan fingerprint density at radius 1 is 1.10 bits per heavy atom. The van der Waals surface area contributed by atoms with Crippen LogP contribution in [0.2, 0.25) is 5.02 Å². The molecule has 0 saturated heterocycles. The van der Waals surface area contributed by atoms with Crippen molar-refractivity contribution in [2.75, 3.05) is 20.6 Å². The highest BCUT2D eigenvalue weighted by atomic mass is 35.5. The number of halogens is 1. The van der Waals surface area contributed by atoms with E-state index in [1.807, 2.05) is 53.9 Å². The highest BCUT2D eigenvalue weighted by molar-refractivity contribution is 6.35. The molecule has 1 N–H and O–H groups in total. The van der Waals surface area contributed by atoms with Crippen molar-refractivity contribution in [1.29, 1.82) is 0 Å². The lowest BCUT2D eigenvalue weighted by atomic mass is 10.0. The van der Waals surface area contributed by atoms with Gasteiger partial charge in [0, 0.05) is 17.7 Å². The molecule has 0 radical (unpaired) electrons. The molecule has 0 spiro atoms. The van der Waals surface area contributed by atoms with Crippen molar-refractivity contribution >= 4 is 17.4 Å². The van der Waals surface area contributed by atoms with Crippen molar-refractivity contribution in [3.05, 3.63) is 89.0 Å². The van der Waals surface area contributed by atoms with Crippen LogP contribution in [-0.4, -0.2) is 46.1 Å². The van der Waals surface area contributed by atoms with Crippen molar-refractivity contribution in [1.82, 2.24) is 25.0 Å². The zero-order valence-electron chi connectivity index (χ0n) is 16.6. The number of hydrogen-bond acceptors (Lipinski definition) is 5. The van der Waals surface area contributed by atoms with Crippen molar-refractivity contribution < 1.29 is 4.79 Å². The average Bonchev–Trinajstić information content (AvgIpc) is 3.09. The zero-order chi connectivity index (χ0) is 20.8. The van der Waals surface area contributed by atoms with Gasteiger partial charge >= 0.3 is 0 Å². The fourth-order valence-corrected chi connectivity index (χ4v) is 3.29. The minimum atomic E-state index is -0.138. The van der Waals surface area contributed by atoms with E-state index in [1.165, 1.54) is 0 Å². The minimum Gasteiger partial charge on any atom is -0.306 e. The maximum absolute atomic E-state index is 13.3. The Labute approximate surface area is 175 Å². The number of ketones is 1. The van der Waals surface area contributed by atoms with Gasteiger partial charge in [-0.05, 0) is 38.4 Å². The van der Waals surface area contributed by atoms with Crippen LogP contribution in [0.25, 0.3) is 5.69 Å². The summed E-state index contributed by atoms with van der Waals surface area (Å²) in [5, 5.41) is 12.4. The maximum atomic E-state index is 13.3. The lowest BCUT2D eigenvalue weighted by Crippen LogP contribution is -2.20. The zero-order valence-corrected chi connectivity index (χ0v) is 17.4. The van der Waals surface area contributed by atoms with Crippen molar-refractivity contribution in [3.8, 4) is 5.69 Å². The third-order valence-corrected chi connectivity index (χ3v) is 4.66. The van der Waals surface area contributed by atoms with Gasteiger partial charge in [0.15, 0.2) is 17.4 Å². The van der Waals surface area contributed by atoms with Crippen LogP contribution in [0.1, 0.15) is 27.6 Å². The number of carbonyl (C=O) groups is 1. The number of nitrogens with one attached hydrogen (secondary N) is 1. The van der Waals surface area contributed by atoms with Gasteiger partial charge < -0.3 is 10.2 Å². The van der Waals surface area contributed by atoms with E-state index in [9.17, 15) is 4.79 Å². The van der Waals surface area contributed by atoms with E-state index in [1.54, 1.807) is 24.3 Å². The van der Waals surface area contributed by atoms with Gasteiger partial charge in [-0.15, -0.1) is 16.8 Å². The molecule has 3 aromatic rings. The second-order valence-corrected chi connectivity index (χ2v) is 7.26. The van der Waals surface area contributed by atoms with E-state index in [4.69, 9.17) is 11.6 Å². The Morgan fingerprint density at radius 3 is 2.45 bits per heavy atom. The molecule has 6 nitrogen and oxygen atoms in total. The standard InChI is InChI=1S/C22H24ClN5O/c1-4-13-24-14-20-25-26-21(15-27(2)3)28(20)19-12-8-6-10-17(19)22(29)16-9-5-7-11-18(16)23/h4-12,24H,1,13-15H2,2-3H3. The third-order valence-electron chi connectivity index (χ3n) is 4.33. The molecule has 29 heavy (non-hydrogen) atoms. The number of benzene rings is 2. The Hall–Kier alpha value is -2.80. The van der Waals surface area contributed by atoms with E-state index in [2.05, 4.69) is 22.1 Å². The molecule has 0 aliphatic rings. The van der Waals surface area contributed by atoms with Gasteiger partial charge in [-0.25, -0.2) is 0 Å². The first-order valence-electron chi connectivity index (χ1n) is 9.31. The van der Waals surface area contributed by atoms with E-state index >= 15 is 0 Å². The summed E-state index contributed by atoms with van der Waals surface area (Å²) in [4.78, 5) is 15.3. The lowest BCUT2D eigenvalue weighted by molar-refractivity contribution is 0.103. The molecule has 3 rings (SSSR count). The molecule has 0 amide bonds. The van der Waals surface area contributed by atoms with Gasteiger partial charge in [-0.1, -0.05) is 41.9 Å². The monoisotopic (exact) mass is 409 g/mol. The molecular formula is C22H24ClN5O. The fraction of sp³-hybridized carbons (Fsp3) is 0.227. The van der Waals surface area contributed by atoms with Gasteiger partial charge in [-0.2, -0.15) is 0 Å². The van der Waals surface area contributed by atoms with Crippen LogP contribution in [0.3, 0.4) is 0 Å². The SMILES string of the molecule is C=CCNCc1nnc(CN(C)C)n1-c1ccccc1C(=O)c1ccccc1Cl. The largest absolute Gasteiger partial charge is 0.306 e. The Balaban J connectivity index is 2.11. The number of para-hydroxylation sites is 1. The van der Waals surface area contributed by atoms with Crippen LogP contribution in [0.5, 0.6) is 0 Å². The summed E-state index contributed by atoms with van der Waals surface area (Å²) in [5.74, 6) is 1.34. The number of nitrogens with zero attached hydrogens (tertiary/aromatic N) is 4. The quantitative estimate of drug-likeness (QED) is 0.333. The van der Waals surface area contributed by atoms with E-state index in [0.717, 1.165) is 17.3 Å². The van der Waals surface area contributed by atoms with Gasteiger partial charge in [0.2, 0.25) is 0 Å². The Bertz CT molecular complexity index is 1010. The summed E-state index contributed by atoms with van der Waals surface area (Å²) < 4.78 is 1.94. The number of rotatable bonds is 9. The van der Waals surface area contributed by atoms with Crippen LogP contribution in [0.4, 0.5) is 0 Å². The molecule has 0 saturated carbocycles. The Kier molecular flexibility index (Phi) is 6.93.